The van der Waals surface area contributed by atoms with Crippen LogP contribution in [0.3, 0.4) is 0 Å². The molecule has 5 heterocycles. The smallest absolute Gasteiger partial charge is 0.223 e. The van der Waals surface area contributed by atoms with Crippen LogP contribution in [-0.4, -0.2) is 49.3 Å². The number of carbonyl (C=O) groups is 1. The van der Waals surface area contributed by atoms with Crippen molar-refractivity contribution in [2.45, 2.75) is 64.3 Å². The van der Waals surface area contributed by atoms with Crippen molar-refractivity contribution in [2.24, 2.45) is 5.92 Å². The van der Waals surface area contributed by atoms with Crippen LogP contribution in [0.15, 0.2) is 67.1 Å². The van der Waals surface area contributed by atoms with E-state index in [9.17, 15) is 4.79 Å². The fourth-order valence-electron chi connectivity index (χ4n) is 5.89. The van der Waals surface area contributed by atoms with E-state index in [1.54, 1.807) is 0 Å². The molecule has 2 aliphatic heterocycles. The maximum Gasteiger partial charge on any atom is 0.223 e. The van der Waals surface area contributed by atoms with E-state index in [4.69, 9.17) is 9.72 Å². The molecule has 0 radical (unpaired) electrons. The van der Waals surface area contributed by atoms with Crippen molar-refractivity contribution in [1.82, 2.24) is 24.2 Å². The Morgan fingerprint density at radius 1 is 1.11 bits per heavy atom. The van der Waals surface area contributed by atoms with Gasteiger partial charge in [-0.25, -0.2) is 9.67 Å². The normalized spacial score (nSPS) is 22.1. The number of hydrogen-bond acceptors (Lipinski definition) is 4. The topological polar surface area (TPSA) is 65.2 Å². The highest BCUT2D eigenvalue weighted by molar-refractivity contribution is 5.79. The zero-order chi connectivity index (χ0) is 25.2. The van der Waals surface area contributed by atoms with Crippen molar-refractivity contribution in [1.29, 1.82) is 0 Å². The van der Waals surface area contributed by atoms with Gasteiger partial charge in [0.2, 0.25) is 5.91 Å². The Morgan fingerprint density at radius 2 is 2.00 bits per heavy atom. The molecule has 0 aliphatic carbocycles. The number of aryl methyl sites for hydroxylation is 1. The first-order valence-corrected chi connectivity index (χ1v) is 13.6. The Morgan fingerprint density at radius 3 is 2.84 bits per heavy atom. The van der Waals surface area contributed by atoms with Gasteiger partial charge in [0.15, 0.2) is 0 Å². The van der Waals surface area contributed by atoms with Gasteiger partial charge in [-0.1, -0.05) is 30.3 Å². The molecule has 6 rings (SSSR count). The van der Waals surface area contributed by atoms with Gasteiger partial charge in [-0.15, -0.1) is 0 Å². The summed E-state index contributed by atoms with van der Waals surface area (Å²) in [7, 11) is 0. The zero-order valence-corrected chi connectivity index (χ0v) is 21.5. The lowest BCUT2D eigenvalue weighted by Crippen LogP contribution is -2.34. The van der Waals surface area contributed by atoms with E-state index in [2.05, 4.69) is 58.0 Å². The first kappa shape index (κ1) is 23.9. The third-order valence-corrected chi connectivity index (χ3v) is 7.88. The number of benzene rings is 1. The highest BCUT2D eigenvalue weighted by Crippen LogP contribution is 2.29. The fourth-order valence-corrected chi connectivity index (χ4v) is 5.89. The summed E-state index contributed by atoms with van der Waals surface area (Å²) >= 11 is 0. The first-order valence-electron chi connectivity index (χ1n) is 13.6. The first-order chi connectivity index (χ1) is 18.1. The molecule has 3 aromatic heterocycles. The SMILES string of the molecule is C[C@@H]1C[C@H](Cn2ccc3nc(-c4cnn(C5CCCCO5)c4)ccc32)CN1C(=O)CCc1ccccc1. The molecule has 1 amide bonds. The molecular weight excluding hydrogens is 462 g/mol. The Kier molecular flexibility index (Phi) is 6.79. The molecule has 7 nitrogen and oxygen atoms in total. The molecule has 192 valence electrons. The average Bonchev–Trinajstić information content (AvgIpc) is 3.67. The Hall–Kier alpha value is -3.45. The van der Waals surface area contributed by atoms with Gasteiger partial charge in [-0.05, 0) is 68.7 Å². The molecule has 4 aromatic rings. The monoisotopic (exact) mass is 497 g/mol. The van der Waals surface area contributed by atoms with Crippen molar-refractivity contribution >= 4 is 16.9 Å². The lowest BCUT2D eigenvalue weighted by molar-refractivity contribution is -0.131. The van der Waals surface area contributed by atoms with E-state index in [1.165, 1.54) is 12.0 Å². The van der Waals surface area contributed by atoms with Crippen LogP contribution in [-0.2, 0) is 22.5 Å². The van der Waals surface area contributed by atoms with Gasteiger partial charge in [0.05, 0.1) is 22.9 Å². The summed E-state index contributed by atoms with van der Waals surface area (Å²) in [6.07, 6.45) is 11.8. The Labute approximate surface area is 218 Å². The van der Waals surface area contributed by atoms with Crippen molar-refractivity contribution < 1.29 is 9.53 Å². The number of fused-ring (bicyclic) bond motifs is 1. The third kappa shape index (κ3) is 5.18. The van der Waals surface area contributed by atoms with Crippen molar-refractivity contribution in [3.63, 3.8) is 0 Å². The van der Waals surface area contributed by atoms with Crippen molar-refractivity contribution in [2.75, 3.05) is 13.2 Å². The molecule has 2 aliphatic rings. The molecule has 0 bridgehead atoms. The van der Waals surface area contributed by atoms with Gasteiger partial charge >= 0.3 is 0 Å². The molecule has 0 spiro atoms. The number of amides is 1. The van der Waals surface area contributed by atoms with E-state index in [-0.39, 0.29) is 18.2 Å². The molecule has 1 unspecified atom stereocenters. The largest absolute Gasteiger partial charge is 0.357 e. The van der Waals surface area contributed by atoms with Gasteiger partial charge < -0.3 is 14.2 Å². The molecular formula is C30H35N5O2. The summed E-state index contributed by atoms with van der Waals surface area (Å²) < 4.78 is 10.1. The standard InChI is InChI=1S/C30H35N5O2/c1-22-17-24(20-34(22)29(36)13-10-23-7-3-2-4-8-23)19-33-15-14-27-28(33)12-11-26(32-27)25-18-31-35(21-25)30-9-5-6-16-37-30/h2-4,7-8,11-12,14-15,18,21-22,24,30H,5-6,9-10,13,16-17,19-20H2,1H3/t22-,24-,30?/m1/s1. The number of aromatic nitrogens is 4. The molecule has 0 saturated carbocycles. The van der Waals surface area contributed by atoms with Crippen LogP contribution in [0.25, 0.3) is 22.3 Å². The summed E-state index contributed by atoms with van der Waals surface area (Å²) in [6, 6.07) is 16.9. The zero-order valence-electron chi connectivity index (χ0n) is 21.5. The van der Waals surface area contributed by atoms with Crippen molar-refractivity contribution in [3.05, 3.63) is 72.7 Å². The number of likely N-dealkylation sites (tertiary alicyclic amines) is 1. The minimum absolute atomic E-state index is 0.0332. The van der Waals surface area contributed by atoms with Crippen LogP contribution in [0.4, 0.5) is 0 Å². The van der Waals surface area contributed by atoms with E-state index in [0.29, 0.717) is 12.3 Å². The summed E-state index contributed by atoms with van der Waals surface area (Å²) in [5, 5.41) is 4.54. The summed E-state index contributed by atoms with van der Waals surface area (Å²) in [5.74, 6) is 0.710. The van der Waals surface area contributed by atoms with Crippen LogP contribution in [0.1, 0.15) is 50.8 Å². The van der Waals surface area contributed by atoms with Gasteiger partial charge in [0.1, 0.15) is 6.23 Å². The molecule has 2 fully saturated rings. The average molecular weight is 498 g/mol. The molecule has 0 N–H and O–H groups in total. The molecule has 37 heavy (non-hydrogen) atoms. The predicted molar refractivity (Wildman–Crippen MR) is 144 cm³/mol. The second kappa shape index (κ2) is 10.5. The minimum atomic E-state index is 0.0332. The summed E-state index contributed by atoms with van der Waals surface area (Å²) in [5.41, 5.74) is 5.28. The Balaban J connectivity index is 1.10. The van der Waals surface area contributed by atoms with Gasteiger partial charge in [0.25, 0.3) is 0 Å². The third-order valence-electron chi connectivity index (χ3n) is 7.88. The molecule has 3 atom stereocenters. The van der Waals surface area contributed by atoms with Gasteiger partial charge in [-0.3, -0.25) is 4.79 Å². The quantitative estimate of drug-likeness (QED) is 0.340. The van der Waals surface area contributed by atoms with E-state index in [1.807, 2.05) is 35.3 Å². The minimum Gasteiger partial charge on any atom is -0.357 e. The predicted octanol–water partition coefficient (Wildman–Crippen LogP) is 5.47. The lowest BCUT2D eigenvalue weighted by atomic mass is 10.1. The van der Waals surface area contributed by atoms with Crippen LogP contribution < -0.4 is 0 Å². The van der Waals surface area contributed by atoms with Gasteiger partial charge in [-0.2, -0.15) is 5.10 Å². The lowest BCUT2D eigenvalue weighted by Gasteiger charge is -2.22. The number of hydrogen-bond donors (Lipinski definition) is 0. The Bertz CT molecular complexity index is 1350. The maximum atomic E-state index is 13.0. The number of rotatable bonds is 7. The highest BCUT2D eigenvalue weighted by atomic mass is 16.5. The molecule has 7 heteroatoms. The number of nitrogens with zero attached hydrogens (tertiary/aromatic N) is 5. The van der Waals surface area contributed by atoms with Crippen LogP contribution in [0, 0.1) is 5.92 Å². The van der Waals surface area contributed by atoms with Crippen LogP contribution in [0.2, 0.25) is 0 Å². The van der Waals surface area contributed by atoms with E-state index >= 15 is 0 Å². The van der Waals surface area contributed by atoms with Gasteiger partial charge in [0, 0.05) is 50.1 Å². The molecule has 2 saturated heterocycles. The number of pyridine rings is 1. The summed E-state index contributed by atoms with van der Waals surface area (Å²) in [6.45, 7) is 4.70. The van der Waals surface area contributed by atoms with Crippen molar-refractivity contribution in [3.8, 4) is 11.3 Å². The molecule has 1 aromatic carbocycles. The fraction of sp³-hybridized carbons (Fsp3) is 0.433. The second-order valence-electron chi connectivity index (χ2n) is 10.6. The second-order valence-corrected chi connectivity index (χ2v) is 10.6. The van der Waals surface area contributed by atoms with E-state index in [0.717, 1.165) is 67.7 Å². The van der Waals surface area contributed by atoms with Crippen LogP contribution in [0.5, 0.6) is 0 Å². The van der Waals surface area contributed by atoms with Crippen LogP contribution >= 0.6 is 0 Å². The highest BCUT2D eigenvalue weighted by Gasteiger charge is 2.32. The summed E-state index contributed by atoms with van der Waals surface area (Å²) in [4.78, 5) is 20.0. The van der Waals surface area contributed by atoms with E-state index < -0.39 is 0 Å². The number of carbonyl (C=O) groups excluding carboxylic acids is 1. The number of ether oxygens (including phenoxy) is 1. The maximum absolute atomic E-state index is 13.0.